The number of methoxy groups -OCH3 is 1. The van der Waals surface area contributed by atoms with Crippen LogP contribution in [0.2, 0.25) is 10.3 Å². The molecule has 2 heterocycles. The van der Waals surface area contributed by atoms with Crippen LogP contribution in [0.4, 0.5) is 0 Å². The number of hydrogen-bond donors (Lipinski definition) is 0. The minimum absolute atomic E-state index is 0.0425. The lowest BCUT2D eigenvalue weighted by molar-refractivity contribution is -0.153. The molecule has 2 rings (SSSR count). The molecule has 2 atom stereocenters. The molecule has 0 radical (unpaired) electrons. The van der Waals surface area contributed by atoms with E-state index in [0.717, 1.165) is 0 Å². The standard InChI is InChI=1S/C16H15Cl2N3O3/c1-4-6-21-14(9-7-11(17)20-12(18)8-9)19-10(5-2)13(15(21)22)16(23)24-3/h1,7-8,10,13H,5-6H2,2-3H3. The van der Waals surface area contributed by atoms with Crippen LogP contribution < -0.4 is 0 Å². The van der Waals surface area contributed by atoms with Crippen LogP contribution in [0.1, 0.15) is 18.9 Å². The van der Waals surface area contributed by atoms with E-state index >= 15 is 0 Å². The van der Waals surface area contributed by atoms with Gasteiger partial charge >= 0.3 is 5.97 Å². The fourth-order valence-electron chi connectivity index (χ4n) is 2.52. The molecule has 1 aromatic rings. The van der Waals surface area contributed by atoms with Gasteiger partial charge in [-0.25, -0.2) is 4.98 Å². The van der Waals surface area contributed by atoms with Crippen molar-refractivity contribution >= 4 is 40.9 Å². The molecule has 6 nitrogen and oxygen atoms in total. The van der Waals surface area contributed by atoms with Gasteiger partial charge in [0, 0.05) is 5.56 Å². The fourth-order valence-corrected chi connectivity index (χ4v) is 2.98. The molecule has 0 aromatic carbocycles. The van der Waals surface area contributed by atoms with Crippen LogP contribution in [0.3, 0.4) is 0 Å². The van der Waals surface area contributed by atoms with E-state index < -0.39 is 23.8 Å². The summed E-state index contributed by atoms with van der Waals surface area (Å²) in [4.78, 5) is 34.5. The van der Waals surface area contributed by atoms with Gasteiger partial charge in [-0.2, -0.15) is 0 Å². The number of amidine groups is 1. The largest absolute Gasteiger partial charge is 0.468 e. The Kier molecular flexibility index (Phi) is 5.81. The van der Waals surface area contributed by atoms with Crippen molar-refractivity contribution in [2.75, 3.05) is 13.7 Å². The fraction of sp³-hybridized carbons (Fsp3) is 0.375. The number of aliphatic imine (C=N–C) groups is 1. The summed E-state index contributed by atoms with van der Waals surface area (Å²) >= 11 is 11.9. The number of hydrogen-bond acceptors (Lipinski definition) is 5. The van der Waals surface area contributed by atoms with Gasteiger partial charge in [-0.3, -0.25) is 19.5 Å². The zero-order valence-electron chi connectivity index (χ0n) is 13.1. The van der Waals surface area contributed by atoms with Crippen molar-refractivity contribution in [1.29, 1.82) is 0 Å². The third-order valence-electron chi connectivity index (χ3n) is 3.60. The lowest BCUT2D eigenvalue weighted by atomic mass is 9.93. The van der Waals surface area contributed by atoms with Crippen molar-refractivity contribution in [3.63, 3.8) is 0 Å². The number of terminal acetylenes is 1. The molecule has 0 aliphatic carbocycles. The molecule has 24 heavy (non-hydrogen) atoms. The first kappa shape index (κ1) is 18.2. The molecule has 0 bridgehead atoms. The predicted molar refractivity (Wildman–Crippen MR) is 90.9 cm³/mol. The maximum atomic E-state index is 12.8. The van der Waals surface area contributed by atoms with Crippen molar-refractivity contribution in [3.05, 3.63) is 28.0 Å². The van der Waals surface area contributed by atoms with Crippen molar-refractivity contribution in [2.45, 2.75) is 19.4 Å². The number of carbonyl (C=O) groups excluding carboxylic acids is 2. The van der Waals surface area contributed by atoms with Crippen LogP contribution in [-0.4, -0.2) is 47.3 Å². The van der Waals surface area contributed by atoms with E-state index in [1.165, 1.54) is 24.1 Å². The summed E-state index contributed by atoms with van der Waals surface area (Å²) in [6.45, 7) is 1.79. The summed E-state index contributed by atoms with van der Waals surface area (Å²) < 4.78 is 4.74. The SMILES string of the molecule is C#CCN1C(=O)C(C(=O)OC)C(CC)N=C1c1cc(Cl)nc(Cl)c1. The number of ether oxygens (including phenoxy) is 1. The van der Waals surface area contributed by atoms with Crippen molar-refractivity contribution in [1.82, 2.24) is 9.88 Å². The topological polar surface area (TPSA) is 71.9 Å². The highest BCUT2D eigenvalue weighted by Crippen LogP contribution is 2.26. The molecule has 1 aromatic heterocycles. The van der Waals surface area contributed by atoms with Gasteiger partial charge in [-0.05, 0) is 18.6 Å². The predicted octanol–water partition coefficient (Wildman–Crippen LogP) is 2.18. The summed E-state index contributed by atoms with van der Waals surface area (Å²) in [6.07, 6.45) is 5.84. The summed E-state index contributed by atoms with van der Waals surface area (Å²) in [6, 6.07) is 2.52. The van der Waals surface area contributed by atoms with E-state index in [0.29, 0.717) is 17.8 Å². The van der Waals surface area contributed by atoms with Crippen LogP contribution in [0, 0.1) is 18.3 Å². The Morgan fingerprint density at radius 2 is 2.04 bits per heavy atom. The zero-order chi connectivity index (χ0) is 17.9. The van der Waals surface area contributed by atoms with Crippen LogP contribution in [0.5, 0.6) is 0 Å². The Bertz CT molecular complexity index is 722. The van der Waals surface area contributed by atoms with Crippen molar-refractivity contribution in [3.8, 4) is 12.3 Å². The highest BCUT2D eigenvalue weighted by atomic mass is 35.5. The highest BCUT2D eigenvalue weighted by molar-refractivity contribution is 6.33. The van der Waals surface area contributed by atoms with Gasteiger partial charge in [-0.1, -0.05) is 36.0 Å². The quantitative estimate of drug-likeness (QED) is 0.354. The number of carbonyl (C=O) groups is 2. The Labute approximate surface area is 149 Å². The van der Waals surface area contributed by atoms with Gasteiger partial charge in [-0.15, -0.1) is 6.42 Å². The normalized spacial score (nSPS) is 20.4. The van der Waals surface area contributed by atoms with E-state index in [4.69, 9.17) is 34.4 Å². The first-order valence-corrected chi connectivity index (χ1v) is 7.92. The number of halogens is 2. The van der Waals surface area contributed by atoms with E-state index in [1.54, 1.807) is 0 Å². The molecule has 2 unspecified atom stereocenters. The highest BCUT2D eigenvalue weighted by Gasteiger charge is 2.43. The molecular formula is C16H15Cl2N3O3. The maximum Gasteiger partial charge on any atom is 0.320 e. The molecular weight excluding hydrogens is 353 g/mol. The molecule has 0 saturated carbocycles. The molecule has 1 aliphatic heterocycles. The number of nitrogens with zero attached hydrogens (tertiary/aromatic N) is 3. The van der Waals surface area contributed by atoms with E-state index in [2.05, 4.69) is 15.9 Å². The van der Waals surface area contributed by atoms with Gasteiger partial charge in [0.25, 0.3) is 0 Å². The second-order valence-electron chi connectivity index (χ2n) is 5.06. The summed E-state index contributed by atoms with van der Waals surface area (Å²) in [5.41, 5.74) is 0.505. The van der Waals surface area contributed by atoms with E-state index in [9.17, 15) is 9.59 Å². The number of esters is 1. The minimum Gasteiger partial charge on any atom is -0.468 e. The van der Waals surface area contributed by atoms with Crippen molar-refractivity contribution in [2.24, 2.45) is 10.9 Å². The molecule has 1 amide bonds. The second-order valence-corrected chi connectivity index (χ2v) is 5.83. The molecule has 1 aliphatic rings. The Hall–Kier alpha value is -2.10. The molecule has 0 fully saturated rings. The average molecular weight is 368 g/mol. The molecule has 0 N–H and O–H groups in total. The van der Waals surface area contributed by atoms with Crippen molar-refractivity contribution < 1.29 is 14.3 Å². The van der Waals surface area contributed by atoms with Crippen LogP contribution >= 0.6 is 23.2 Å². The Morgan fingerprint density at radius 3 is 2.54 bits per heavy atom. The molecule has 0 saturated heterocycles. The summed E-state index contributed by atoms with van der Waals surface area (Å²) in [5, 5.41) is 0.327. The number of pyridine rings is 1. The van der Waals surface area contributed by atoms with Gasteiger partial charge < -0.3 is 4.74 Å². The Morgan fingerprint density at radius 1 is 1.42 bits per heavy atom. The molecule has 8 heteroatoms. The number of aromatic nitrogens is 1. The smallest absolute Gasteiger partial charge is 0.320 e. The number of rotatable bonds is 4. The minimum atomic E-state index is -1.02. The summed E-state index contributed by atoms with van der Waals surface area (Å²) in [5.74, 6) is 0.596. The molecule has 0 spiro atoms. The van der Waals surface area contributed by atoms with Gasteiger partial charge in [0.15, 0.2) is 5.92 Å². The van der Waals surface area contributed by atoms with E-state index in [1.807, 2.05) is 6.92 Å². The lowest BCUT2D eigenvalue weighted by Gasteiger charge is -2.34. The monoisotopic (exact) mass is 367 g/mol. The molecule has 126 valence electrons. The second kappa shape index (κ2) is 7.65. The van der Waals surface area contributed by atoms with Gasteiger partial charge in [0.05, 0.1) is 19.7 Å². The third kappa shape index (κ3) is 3.53. The van der Waals surface area contributed by atoms with Crippen LogP contribution in [0.25, 0.3) is 0 Å². The van der Waals surface area contributed by atoms with Gasteiger partial charge in [0.1, 0.15) is 16.1 Å². The van der Waals surface area contributed by atoms with Gasteiger partial charge in [0.2, 0.25) is 5.91 Å². The van der Waals surface area contributed by atoms with Crippen LogP contribution in [-0.2, 0) is 14.3 Å². The third-order valence-corrected chi connectivity index (χ3v) is 3.99. The lowest BCUT2D eigenvalue weighted by Crippen LogP contribution is -2.52. The zero-order valence-corrected chi connectivity index (χ0v) is 14.6. The number of amides is 1. The maximum absolute atomic E-state index is 12.8. The average Bonchev–Trinajstić information content (AvgIpc) is 2.54. The first-order valence-electron chi connectivity index (χ1n) is 7.16. The van der Waals surface area contributed by atoms with E-state index in [-0.39, 0.29) is 16.9 Å². The summed E-state index contributed by atoms with van der Waals surface area (Å²) in [7, 11) is 1.23. The van der Waals surface area contributed by atoms with Crippen LogP contribution in [0.15, 0.2) is 17.1 Å². The first-order chi connectivity index (χ1) is 11.4. The Balaban J connectivity index is 2.58.